The van der Waals surface area contributed by atoms with E-state index in [1.54, 1.807) is 0 Å². The van der Waals surface area contributed by atoms with Crippen molar-refractivity contribution in [3.05, 3.63) is 28.0 Å². The van der Waals surface area contributed by atoms with E-state index in [9.17, 15) is 17.6 Å². The molecule has 1 aromatic rings. The molecule has 0 saturated heterocycles. The molecule has 20 heavy (non-hydrogen) atoms. The molecular weight excluding hydrogens is 351 g/mol. The molecule has 0 spiro atoms. The fraction of sp³-hybridized carbons (Fsp3) is 0.417. The molecule has 112 valence electrons. The Balaban J connectivity index is 3.16. The highest BCUT2D eigenvalue weighted by Crippen LogP contribution is 2.24. The molecule has 0 heterocycles. The van der Waals surface area contributed by atoms with Gasteiger partial charge in [0.05, 0.1) is 10.5 Å². The summed E-state index contributed by atoms with van der Waals surface area (Å²) in [6, 6.07) is 1.83. The van der Waals surface area contributed by atoms with Crippen LogP contribution in [0.5, 0.6) is 0 Å². The van der Waals surface area contributed by atoms with Crippen LogP contribution in [0, 0.1) is 11.2 Å². The standard InChI is InChI=1S/C12H16BrFN2O3S/c1-12(2,3)6-16-11(17)7-4-10(20(15,18)19)8(13)5-9(7)14/h4-5H,6H2,1-3H3,(H,16,17)(H2,15,18,19). The van der Waals surface area contributed by atoms with E-state index in [2.05, 4.69) is 21.2 Å². The molecule has 0 radical (unpaired) electrons. The second-order valence-corrected chi connectivity index (χ2v) is 7.94. The number of rotatable bonds is 3. The van der Waals surface area contributed by atoms with Gasteiger partial charge in [0.1, 0.15) is 5.82 Å². The summed E-state index contributed by atoms with van der Waals surface area (Å²) in [7, 11) is -4.04. The summed E-state index contributed by atoms with van der Waals surface area (Å²) in [5.41, 5.74) is -0.536. The molecule has 1 rings (SSSR count). The lowest BCUT2D eigenvalue weighted by Crippen LogP contribution is -2.33. The third-order valence-corrected chi connectivity index (χ3v) is 4.22. The van der Waals surface area contributed by atoms with Gasteiger partial charge in [0.25, 0.3) is 5.91 Å². The van der Waals surface area contributed by atoms with Crippen molar-refractivity contribution in [1.29, 1.82) is 0 Å². The second-order valence-electron chi connectivity index (χ2n) is 5.55. The average Bonchev–Trinajstić information content (AvgIpc) is 2.23. The van der Waals surface area contributed by atoms with Gasteiger partial charge in [-0.05, 0) is 33.5 Å². The Hall–Kier alpha value is -0.990. The molecule has 0 saturated carbocycles. The summed E-state index contributed by atoms with van der Waals surface area (Å²) in [6.07, 6.45) is 0. The fourth-order valence-corrected chi connectivity index (χ4v) is 2.97. The Morgan fingerprint density at radius 1 is 1.40 bits per heavy atom. The molecule has 3 N–H and O–H groups in total. The van der Waals surface area contributed by atoms with Gasteiger partial charge >= 0.3 is 0 Å². The molecule has 0 unspecified atom stereocenters. The Labute approximate surface area is 125 Å². The molecule has 0 aliphatic carbocycles. The lowest BCUT2D eigenvalue weighted by atomic mass is 9.97. The van der Waals surface area contributed by atoms with Crippen LogP contribution < -0.4 is 10.5 Å². The minimum absolute atomic E-state index is 0.0233. The zero-order valence-corrected chi connectivity index (χ0v) is 13.7. The smallest absolute Gasteiger partial charge is 0.254 e. The normalized spacial score (nSPS) is 12.3. The number of sulfonamides is 1. The number of carbonyl (C=O) groups is 1. The van der Waals surface area contributed by atoms with Crippen molar-refractivity contribution in [2.24, 2.45) is 10.6 Å². The predicted octanol–water partition coefficient (Wildman–Crippen LogP) is 2.01. The molecule has 0 atom stereocenters. The van der Waals surface area contributed by atoms with Crippen LogP contribution in [0.15, 0.2) is 21.5 Å². The van der Waals surface area contributed by atoms with Gasteiger partial charge < -0.3 is 5.32 Å². The lowest BCUT2D eigenvalue weighted by Gasteiger charge is -2.19. The summed E-state index contributed by atoms with van der Waals surface area (Å²) in [5.74, 6) is -1.51. The van der Waals surface area contributed by atoms with Crippen LogP contribution in [0.4, 0.5) is 4.39 Å². The van der Waals surface area contributed by atoms with Crippen LogP contribution in [0.2, 0.25) is 0 Å². The number of halogens is 2. The van der Waals surface area contributed by atoms with Crippen molar-refractivity contribution in [2.75, 3.05) is 6.54 Å². The Bertz CT molecular complexity index is 639. The second kappa shape index (κ2) is 5.79. The molecule has 0 aliphatic rings. The van der Waals surface area contributed by atoms with E-state index in [0.29, 0.717) is 6.54 Å². The van der Waals surface area contributed by atoms with Crippen LogP contribution >= 0.6 is 15.9 Å². The molecule has 0 fully saturated rings. The molecule has 8 heteroatoms. The van der Waals surface area contributed by atoms with E-state index >= 15 is 0 Å². The number of nitrogens with one attached hydrogen (secondary N) is 1. The highest BCUT2D eigenvalue weighted by Gasteiger charge is 2.21. The zero-order chi connectivity index (χ0) is 15.7. The van der Waals surface area contributed by atoms with Gasteiger partial charge in [0.15, 0.2) is 0 Å². The molecule has 1 aromatic carbocycles. The highest BCUT2D eigenvalue weighted by molar-refractivity contribution is 9.10. The highest BCUT2D eigenvalue weighted by atomic mass is 79.9. The Kier molecular flexibility index (Phi) is 4.94. The number of primary sulfonamides is 1. The first-order valence-corrected chi connectivity index (χ1v) is 8.06. The fourth-order valence-electron chi connectivity index (χ4n) is 1.36. The third-order valence-electron chi connectivity index (χ3n) is 2.35. The molecule has 0 bridgehead atoms. The van der Waals surface area contributed by atoms with Crippen molar-refractivity contribution in [2.45, 2.75) is 25.7 Å². The number of amides is 1. The van der Waals surface area contributed by atoms with E-state index in [-0.39, 0.29) is 20.3 Å². The molecule has 1 amide bonds. The van der Waals surface area contributed by atoms with Gasteiger partial charge in [-0.3, -0.25) is 4.79 Å². The van der Waals surface area contributed by atoms with Crippen LogP contribution in [0.25, 0.3) is 0 Å². The van der Waals surface area contributed by atoms with E-state index in [1.165, 1.54) is 0 Å². The van der Waals surface area contributed by atoms with Gasteiger partial charge in [-0.25, -0.2) is 17.9 Å². The third kappa shape index (κ3) is 4.53. The molecule has 5 nitrogen and oxygen atoms in total. The van der Waals surface area contributed by atoms with Gasteiger partial charge in [-0.2, -0.15) is 0 Å². The molecule has 0 aliphatic heterocycles. The SMILES string of the molecule is CC(C)(C)CNC(=O)c1cc(S(N)(=O)=O)c(Br)cc1F. The molecule has 0 aromatic heterocycles. The zero-order valence-electron chi connectivity index (χ0n) is 11.3. The van der Waals surface area contributed by atoms with Gasteiger partial charge in [0.2, 0.25) is 10.0 Å². The number of nitrogens with two attached hydrogens (primary N) is 1. The van der Waals surface area contributed by atoms with Crippen LogP contribution in [0.1, 0.15) is 31.1 Å². The van der Waals surface area contributed by atoms with E-state index in [4.69, 9.17) is 5.14 Å². The molecular formula is C12H16BrFN2O3S. The minimum Gasteiger partial charge on any atom is -0.351 e. The maximum atomic E-state index is 13.8. The topological polar surface area (TPSA) is 89.3 Å². The Morgan fingerprint density at radius 2 is 1.95 bits per heavy atom. The maximum Gasteiger partial charge on any atom is 0.254 e. The summed E-state index contributed by atoms with van der Waals surface area (Å²) in [4.78, 5) is 11.6. The Morgan fingerprint density at radius 3 is 2.40 bits per heavy atom. The number of benzene rings is 1. The summed E-state index contributed by atoms with van der Waals surface area (Å²) < 4.78 is 36.4. The summed E-state index contributed by atoms with van der Waals surface area (Å²) >= 11 is 2.91. The quantitative estimate of drug-likeness (QED) is 0.857. The maximum absolute atomic E-state index is 13.8. The first-order valence-electron chi connectivity index (χ1n) is 5.72. The van der Waals surface area contributed by atoms with Crippen LogP contribution in [0.3, 0.4) is 0 Å². The predicted molar refractivity (Wildman–Crippen MR) is 77.3 cm³/mol. The summed E-state index contributed by atoms with van der Waals surface area (Å²) in [6.45, 7) is 6.04. The van der Waals surface area contributed by atoms with Crippen LogP contribution in [-0.2, 0) is 10.0 Å². The summed E-state index contributed by atoms with van der Waals surface area (Å²) in [5, 5.41) is 7.56. The lowest BCUT2D eigenvalue weighted by molar-refractivity contribution is 0.0935. The number of hydrogen-bond acceptors (Lipinski definition) is 3. The van der Waals surface area contributed by atoms with Crippen LogP contribution in [-0.4, -0.2) is 20.9 Å². The van der Waals surface area contributed by atoms with Crippen molar-refractivity contribution >= 4 is 31.9 Å². The van der Waals surface area contributed by atoms with Gasteiger partial charge in [-0.1, -0.05) is 20.8 Å². The van der Waals surface area contributed by atoms with Gasteiger partial charge in [0, 0.05) is 11.0 Å². The largest absolute Gasteiger partial charge is 0.351 e. The average molecular weight is 367 g/mol. The van der Waals surface area contributed by atoms with E-state index in [0.717, 1.165) is 12.1 Å². The van der Waals surface area contributed by atoms with Crippen molar-refractivity contribution in [1.82, 2.24) is 5.32 Å². The van der Waals surface area contributed by atoms with Crippen molar-refractivity contribution < 1.29 is 17.6 Å². The van der Waals surface area contributed by atoms with E-state index < -0.39 is 21.7 Å². The van der Waals surface area contributed by atoms with Crippen molar-refractivity contribution in [3.8, 4) is 0 Å². The first-order chi connectivity index (χ1) is 8.92. The minimum atomic E-state index is -4.04. The number of hydrogen-bond donors (Lipinski definition) is 2. The van der Waals surface area contributed by atoms with E-state index in [1.807, 2.05) is 20.8 Å². The first kappa shape index (κ1) is 17.1. The van der Waals surface area contributed by atoms with Crippen molar-refractivity contribution in [3.63, 3.8) is 0 Å². The monoisotopic (exact) mass is 366 g/mol. The number of carbonyl (C=O) groups excluding carboxylic acids is 1. The van der Waals surface area contributed by atoms with Gasteiger partial charge in [-0.15, -0.1) is 0 Å².